The fraction of sp³-hybridized carbons (Fsp3) is 0.429. The van der Waals surface area contributed by atoms with E-state index in [2.05, 4.69) is 31.1 Å². The summed E-state index contributed by atoms with van der Waals surface area (Å²) in [6.07, 6.45) is 0.589. The van der Waals surface area contributed by atoms with Crippen molar-refractivity contribution >= 4 is 8.07 Å². The van der Waals surface area contributed by atoms with Gasteiger partial charge in [0.1, 0.15) is 13.7 Å². The van der Waals surface area contributed by atoms with Gasteiger partial charge < -0.3 is 5.11 Å². The Hall–Kier alpha value is -1.04. The van der Waals surface area contributed by atoms with Crippen molar-refractivity contribution in [3.05, 3.63) is 35.9 Å². The number of rotatable bonds is 2. The quantitative estimate of drug-likeness (QED) is 0.614. The van der Waals surface area contributed by atoms with Gasteiger partial charge in [0.15, 0.2) is 0 Å². The van der Waals surface area contributed by atoms with E-state index < -0.39 is 13.7 Å². The van der Waals surface area contributed by atoms with Crippen LogP contribution in [0.3, 0.4) is 0 Å². The molecule has 0 radical (unpaired) electrons. The summed E-state index contributed by atoms with van der Waals surface area (Å²) in [4.78, 5) is 0. The predicted molar refractivity (Wildman–Crippen MR) is 71.9 cm³/mol. The molecule has 16 heavy (non-hydrogen) atoms. The molecule has 1 aromatic rings. The van der Waals surface area contributed by atoms with Crippen LogP contribution < -0.4 is 0 Å². The van der Waals surface area contributed by atoms with Crippen LogP contribution in [-0.4, -0.2) is 18.8 Å². The highest BCUT2D eigenvalue weighted by Crippen LogP contribution is 2.12. The molecule has 1 nitrogen and oxygen atoms in total. The third kappa shape index (κ3) is 5.15. The molecule has 2 heteroatoms. The van der Waals surface area contributed by atoms with Crippen LogP contribution in [0, 0.1) is 11.5 Å². The lowest BCUT2D eigenvalue weighted by Crippen LogP contribution is -2.27. The first-order valence-corrected chi connectivity index (χ1v) is 9.09. The fourth-order valence-electron chi connectivity index (χ4n) is 1.36. The van der Waals surface area contributed by atoms with E-state index in [-0.39, 0.29) is 0 Å². The summed E-state index contributed by atoms with van der Waals surface area (Å²) in [6.45, 7) is 8.32. The molecule has 1 atom stereocenters. The Kier molecular flexibility index (Phi) is 3.96. The number of hydrogen-bond donors (Lipinski definition) is 1. The monoisotopic (exact) mass is 232 g/mol. The zero-order valence-electron chi connectivity index (χ0n) is 10.5. The molecule has 0 fully saturated rings. The minimum absolute atomic E-state index is 0.589. The molecule has 0 amide bonds. The average molecular weight is 232 g/mol. The molecule has 0 aromatic heterocycles. The van der Waals surface area contributed by atoms with Crippen LogP contribution in [0.1, 0.15) is 12.5 Å². The van der Waals surface area contributed by atoms with Gasteiger partial charge in [-0.2, -0.15) is 0 Å². The highest BCUT2D eigenvalue weighted by Gasteiger charge is 2.18. The van der Waals surface area contributed by atoms with Crippen LogP contribution in [0.2, 0.25) is 19.6 Å². The Morgan fingerprint density at radius 1 is 1.19 bits per heavy atom. The Morgan fingerprint density at radius 2 is 1.75 bits per heavy atom. The van der Waals surface area contributed by atoms with Crippen LogP contribution in [0.5, 0.6) is 0 Å². The fourth-order valence-corrected chi connectivity index (χ4v) is 2.00. The van der Waals surface area contributed by atoms with Crippen LogP contribution in [0.4, 0.5) is 0 Å². The highest BCUT2D eigenvalue weighted by molar-refractivity contribution is 6.83. The van der Waals surface area contributed by atoms with Crippen molar-refractivity contribution < 1.29 is 5.11 Å². The van der Waals surface area contributed by atoms with Gasteiger partial charge in [0.25, 0.3) is 0 Å². The maximum atomic E-state index is 10.2. The van der Waals surface area contributed by atoms with E-state index in [0.717, 1.165) is 5.56 Å². The SMILES string of the molecule is CC(O)(C#C[Si](C)(C)C)Cc1ccccc1. The van der Waals surface area contributed by atoms with E-state index in [1.807, 2.05) is 30.3 Å². The van der Waals surface area contributed by atoms with Gasteiger partial charge >= 0.3 is 0 Å². The third-order valence-corrected chi connectivity index (χ3v) is 2.97. The van der Waals surface area contributed by atoms with Gasteiger partial charge in [-0.05, 0) is 12.5 Å². The first kappa shape index (κ1) is 13.0. The molecular weight excluding hydrogens is 212 g/mol. The van der Waals surface area contributed by atoms with E-state index in [0.29, 0.717) is 6.42 Å². The normalized spacial score (nSPS) is 14.8. The van der Waals surface area contributed by atoms with Gasteiger partial charge in [-0.3, -0.25) is 0 Å². The van der Waals surface area contributed by atoms with Crippen molar-refractivity contribution in [3.8, 4) is 11.5 Å². The van der Waals surface area contributed by atoms with Gasteiger partial charge in [-0.25, -0.2) is 0 Å². The van der Waals surface area contributed by atoms with Gasteiger partial charge in [0, 0.05) is 6.42 Å². The molecule has 1 rings (SSSR count). The second-order valence-corrected chi connectivity index (χ2v) is 10.2. The van der Waals surface area contributed by atoms with Crippen molar-refractivity contribution in [2.24, 2.45) is 0 Å². The molecule has 0 heterocycles. The zero-order valence-corrected chi connectivity index (χ0v) is 11.5. The minimum Gasteiger partial charge on any atom is -0.378 e. The first-order chi connectivity index (χ1) is 7.29. The van der Waals surface area contributed by atoms with Crippen LogP contribution >= 0.6 is 0 Å². The molecule has 86 valence electrons. The number of benzene rings is 1. The summed E-state index contributed by atoms with van der Waals surface area (Å²) in [7, 11) is -1.41. The molecule has 0 saturated heterocycles. The Morgan fingerprint density at radius 3 is 2.25 bits per heavy atom. The molecule has 1 N–H and O–H groups in total. The smallest absolute Gasteiger partial charge is 0.129 e. The molecular formula is C14H20OSi. The van der Waals surface area contributed by atoms with Crippen molar-refractivity contribution in [2.45, 2.75) is 38.6 Å². The van der Waals surface area contributed by atoms with E-state index >= 15 is 0 Å². The van der Waals surface area contributed by atoms with Gasteiger partial charge in [-0.1, -0.05) is 55.9 Å². The summed E-state index contributed by atoms with van der Waals surface area (Å²) < 4.78 is 0. The largest absolute Gasteiger partial charge is 0.378 e. The lowest BCUT2D eigenvalue weighted by atomic mass is 9.98. The van der Waals surface area contributed by atoms with Crippen molar-refractivity contribution in [3.63, 3.8) is 0 Å². The maximum absolute atomic E-state index is 10.2. The highest BCUT2D eigenvalue weighted by atomic mass is 28.3. The van der Waals surface area contributed by atoms with Gasteiger partial charge in [0.05, 0.1) is 0 Å². The van der Waals surface area contributed by atoms with E-state index in [1.54, 1.807) is 6.92 Å². The van der Waals surface area contributed by atoms with Crippen molar-refractivity contribution in [1.29, 1.82) is 0 Å². The molecule has 1 aromatic carbocycles. The van der Waals surface area contributed by atoms with E-state index in [9.17, 15) is 5.11 Å². The summed E-state index contributed by atoms with van der Waals surface area (Å²) in [5, 5.41) is 10.2. The van der Waals surface area contributed by atoms with E-state index in [1.165, 1.54) is 0 Å². The Bertz CT molecular complexity index is 390. The number of hydrogen-bond acceptors (Lipinski definition) is 1. The second kappa shape index (κ2) is 4.86. The van der Waals surface area contributed by atoms with Crippen LogP contribution in [0.25, 0.3) is 0 Å². The Labute approximate surface area is 99.5 Å². The van der Waals surface area contributed by atoms with E-state index in [4.69, 9.17) is 0 Å². The lowest BCUT2D eigenvalue weighted by Gasteiger charge is -2.17. The predicted octanol–water partition coefficient (Wildman–Crippen LogP) is 2.86. The van der Waals surface area contributed by atoms with Gasteiger partial charge in [-0.15, -0.1) is 5.54 Å². The standard InChI is InChI=1S/C14H20OSi/c1-14(15,10-11-16(2,3)4)12-13-8-6-5-7-9-13/h5-9,15H,12H2,1-4H3. The van der Waals surface area contributed by atoms with Crippen molar-refractivity contribution in [1.82, 2.24) is 0 Å². The molecule has 0 saturated carbocycles. The minimum atomic E-state index is -1.41. The van der Waals surface area contributed by atoms with Crippen LogP contribution in [0.15, 0.2) is 30.3 Å². The summed E-state index contributed by atoms with van der Waals surface area (Å²) in [5.41, 5.74) is 3.43. The molecule has 0 aliphatic heterocycles. The van der Waals surface area contributed by atoms with Crippen molar-refractivity contribution in [2.75, 3.05) is 0 Å². The molecule has 0 spiro atoms. The topological polar surface area (TPSA) is 20.2 Å². The summed E-state index contributed by atoms with van der Waals surface area (Å²) in [6, 6.07) is 9.98. The molecule has 0 aliphatic rings. The number of aliphatic hydroxyl groups is 1. The Balaban J connectivity index is 2.75. The van der Waals surface area contributed by atoms with Gasteiger partial charge in [0.2, 0.25) is 0 Å². The third-order valence-electron chi connectivity index (χ3n) is 2.10. The average Bonchev–Trinajstić information content (AvgIpc) is 2.15. The molecule has 0 bridgehead atoms. The summed E-state index contributed by atoms with van der Waals surface area (Å²) >= 11 is 0. The second-order valence-electron chi connectivity index (χ2n) is 5.44. The lowest BCUT2D eigenvalue weighted by molar-refractivity contribution is 0.123. The first-order valence-electron chi connectivity index (χ1n) is 5.59. The maximum Gasteiger partial charge on any atom is 0.129 e. The molecule has 1 unspecified atom stereocenters. The zero-order chi connectivity index (χ0) is 12.2. The summed E-state index contributed by atoms with van der Waals surface area (Å²) in [5.74, 6) is 3.01. The molecule has 0 aliphatic carbocycles. The van der Waals surface area contributed by atoms with Crippen LogP contribution in [-0.2, 0) is 6.42 Å².